The maximum Gasteiger partial charge on any atom is 0.258 e. The molecule has 23 heavy (non-hydrogen) atoms. The van der Waals surface area contributed by atoms with Crippen LogP contribution in [0.4, 0.5) is 0 Å². The van der Waals surface area contributed by atoms with Crippen LogP contribution in [0.5, 0.6) is 5.75 Å². The first-order valence-electron chi connectivity index (χ1n) is 7.04. The number of hydrogen-bond acceptors (Lipinski definition) is 3. The van der Waals surface area contributed by atoms with E-state index in [1.54, 1.807) is 36.4 Å². The van der Waals surface area contributed by atoms with Gasteiger partial charge in [0.2, 0.25) is 0 Å². The summed E-state index contributed by atoms with van der Waals surface area (Å²) in [5, 5.41) is 3.41. The van der Waals surface area contributed by atoms with Crippen LogP contribution in [0, 0.1) is 0 Å². The molecule has 0 spiro atoms. The molecule has 2 aromatic carbocycles. The van der Waals surface area contributed by atoms with Crippen molar-refractivity contribution in [3.05, 3.63) is 64.7 Å². The van der Waals surface area contributed by atoms with Crippen LogP contribution < -0.4 is 15.8 Å². The van der Waals surface area contributed by atoms with E-state index < -0.39 is 5.91 Å². The van der Waals surface area contributed by atoms with Crippen LogP contribution in [0.25, 0.3) is 0 Å². The Morgan fingerprint density at radius 3 is 2.65 bits per heavy atom. The average molecular weight is 333 g/mol. The van der Waals surface area contributed by atoms with Crippen LogP contribution in [0.2, 0.25) is 5.02 Å². The summed E-state index contributed by atoms with van der Waals surface area (Å²) in [6.45, 7) is 1.64. The summed E-state index contributed by atoms with van der Waals surface area (Å²) >= 11 is 5.93. The molecule has 0 radical (unpaired) electrons. The van der Waals surface area contributed by atoms with E-state index in [2.05, 4.69) is 5.32 Å². The van der Waals surface area contributed by atoms with Crippen molar-refractivity contribution in [2.75, 3.05) is 6.61 Å². The Kier molecular flexibility index (Phi) is 5.60. The van der Waals surface area contributed by atoms with E-state index in [0.29, 0.717) is 5.02 Å². The minimum Gasteiger partial charge on any atom is -0.483 e. The van der Waals surface area contributed by atoms with Gasteiger partial charge in [0.15, 0.2) is 6.61 Å². The molecule has 5 nitrogen and oxygen atoms in total. The third-order valence-electron chi connectivity index (χ3n) is 3.24. The maximum absolute atomic E-state index is 12.0. The van der Waals surface area contributed by atoms with E-state index in [9.17, 15) is 9.59 Å². The third-order valence-corrected chi connectivity index (χ3v) is 3.47. The molecule has 0 bridgehead atoms. The standard InChI is InChI=1S/C17H17ClN2O3/c1-11(12-5-4-6-13(18)9-12)20-16(21)10-23-15-8-3-2-7-14(15)17(19)22/h2-9,11H,10H2,1H3,(H2,19,22)(H,20,21)/t11-/m0/s1. The molecular formula is C17H17ClN2O3. The average Bonchev–Trinajstić information content (AvgIpc) is 2.53. The van der Waals surface area contributed by atoms with Crippen molar-refractivity contribution in [2.24, 2.45) is 5.73 Å². The molecule has 2 aromatic rings. The molecule has 0 aliphatic rings. The van der Waals surface area contributed by atoms with Crippen molar-refractivity contribution in [1.82, 2.24) is 5.32 Å². The molecule has 0 aromatic heterocycles. The predicted octanol–water partition coefficient (Wildman–Crippen LogP) is 2.70. The quantitative estimate of drug-likeness (QED) is 0.853. The lowest BCUT2D eigenvalue weighted by atomic mass is 10.1. The van der Waals surface area contributed by atoms with Crippen LogP contribution in [-0.4, -0.2) is 18.4 Å². The van der Waals surface area contributed by atoms with Gasteiger partial charge in [-0.3, -0.25) is 9.59 Å². The van der Waals surface area contributed by atoms with Gasteiger partial charge in [0.25, 0.3) is 11.8 Å². The number of halogens is 1. The third kappa shape index (κ3) is 4.72. The molecule has 3 N–H and O–H groups in total. The van der Waals surface area contributed by atoms with Gasteiger partial charge in [-0.15, -0.1) is 0 Å². The number of rotatable bonds is 6. The molecule has 0 saturated heterocycles. The molecule has 0 aliphatic heterocycles. The van der Waals surface area contributed by atoms with E-state index in [1.807, 2.05) is 19.1 Å². The molecule has 120 valence electrons. The van der Waals surface area contributed by atoms with E-state index in [1.165, 1.54) is 0 Å². The Bertz CT molecular complexity index is 718. The second kappa shape index (κ2) is 7.65. The molecule has 2 rings (SSSR count). The van der Waals surface area contributed by atoms with Crippen molar-refractivity contribution in [1.29, 1.82) is 0 Å². The monoisotopic (exact) mass is 332 g/mol. The van der Waals surface area contributed by atoms with E-state index in [4.69, 9.17) is 22.1 Å². The molecule has 6 heteroatoms. The van der Waals surface area contributed by atoms with Gasteiger partial charge in [0.05, 0.1) is 11.6 Å². The van der Waals surface area contributed by atoms with Crippen molar-refractivity contribution >= 4 is 23.4 Å². The number of para-hydroxylation sites is 1. The first kappa shape index (κ1) is 16.8. The molecule has 0 unspecified atom stereocenters. The summed E-state index contributed by atoms with van der Waals surface area (Å²) in [6, 6.07) is 13.6. The Hall–Kier alpha value is -2.53. The van der Waals surface area contributed by atoms with Crippen molar-refractivity contribution in [3.8, 4) is 5.75 Å². The van der Waals surface area contributed by atoms with Crippen LogP contribution in [0.1, 0.15) is 28.9 Å². The van der Waals surface area contributed by atoms with Crippen LogP contribution in [0.3, 0.4) is 0 Å². The maximum atomic E-state index is 12.0. The summed E-state index contributed by atoms with van der Waals surface area (Å²) in [6.07, 6.45) is 0. The fourth-order valence-corrected chi connectivity index (χ4v) is 2.28. The normalized spacial score (nSPS) is 11.6. The van der Waals surface area contributed by atoms with Gasteiger partial charge in [-0.2, -0.15) is 0 Å². The number of nitrogens with one attached hydrogen (secondary N) is 1. The molecule has 1 atom stereocenters. The molecular weight excluding hydrogens is 316 g/mol. The number of hydrogen-bond donors (Lipinski definition) is 2. The number of nitrogens with two attached hydrogens (primary N) is 1. The van der Waals surface area contributed by atoms with Crippen LogP contribution in [-0.2, 0) is 4.79 Å². The highest BCUT2D eigenvalue weighted by Crippen LogP contribution is 2.18. The number of carbonyl (C=O) groups excluding carboxylic acids is 2. The summed E-state index contributed by atoms with van der Waals surface area (Å²) in [5.74, 6) is -0.629. The number of carbonyl (C=O) groups is 2. The lowest BCUT2D eigenvalue weighted by Crippen LogP contribution is -2.31. The summed E-state index contributed by atoms with van der Waals surface area (Å²) in [5.41, 5.74) is 6.39. The van der Waals surface area contributed by atoms with Crippen LogP contribution in [0.15, 0.2) is 48.5 Å². The Morgan fingerprint density at radius 2 is 1.96 bits per heavy atom. The molecule has 0 aliphatic carbocycles. The van der Waals surface area contributed by atoms with E-state index >= 15 is 0 Å². The van der Waals surface area contributed by atoms with E-state index in [0.717, 1.165) is 5.56 Å². The van der Waals surface area contributed by atoms with Gasteiger partial charge < -0.3 is 15.8 Å². The highest BCUT2D eigenvalue weighted by atomic mass is 35.5. The van der Waals surface area contributed by atoms with Crippen LogP contribution >= 0.6 is 11.6 Å². The van der Waals surface area contributed by atoms with Gasteiger partial charge >= 0.3 is 0 Å². The molecule has 0 heterocycles. The number of ether oxygens (including phenoxy) is 1. The Morgan fingerprint density at radius 1 is 1.22 bits per heavy atom. The molecule has 0 fully saturated rings. The fraction of sp³-hybridized carbons (Fsp3) is 0.176. The van der Waals surface area contributed by atoms with Crippen molar-refractivity contribution in [2.45, 2.75) is 13.0 Å². The second-order valence-electron chi connectivity index (χ2n) is 4.99. The van der Waals surface area contributed by atoms with Crippen molar-refractivity contribution < 1.29 is 14.3 Å². The fourth-order valence-electron chi connectivity index (χ4n) is 2.08. The number of amides is 2. The topological polar surface area (TPSA) is 81.4 Å². The van der Waals surface area contributed by atoms with Gasteiger partial charge in [-0.1, -0.05) is 35.9 Å². The van der Waals surface area contributed by atoms with Gasteiger partial charge in [0, 0.05) is 5.02 Å². The highest BCUT2D eigenvalue weighted by molar-refractivity contribution is 6.30. The Labute approximate surface area is 139 Å². The van der Waals surface area contributed by atoms with Gasteiger partial charge in [-0.25, -0.2) is 0 Å². The second-order valence-corrected chi connectivity index (χ2v) is 5.43. The lowest BCUT2D eigenvalue weighted by Gasteiger charge is -2.15. The minimum atomic E-state index is -0.603. The first-order valence-corrected chi connectivity index (χ1v) is 7.41. The zero-order valence-electron chi connectivity index (χ0n) is 12.6. The van der Waals surface area contributed by atoms with Gasteiger partial charge in [0.1, 0.15) is 5.75 Å². The van der Waals surface area contributed by atoms with Gasteiger partial charge in [-0.05, 0) is 36.8 Å². The summed E-state index contributed by atoms with van der Waals surface area (Å²) in [7, 11) is 0. The highest BCUT2D eigenvalue weighted by Gasteiger charge is 2.13. The molecule has 0 saturated carbocycles. The number of benzene rings is 2. The summed E-state index contributed by atoms with van der Waals surface area (Å²) < 4.78 is 5.38. The Balaban J connectivity index is 1.94. The largest absolute Gasteiger partial charge is 0.483 e. The zero-order chi connectivity index (χ0) is 16.8. The predicted molar refractivity (Wildman–Crippen MR) is 88.5 cm³/mol. The first-order chi connectivity index (χ1) is 11.0. The molecule has 2 amide bonds. The smallest absolute Gasteiger partial charge is 0.258 e. The minimum absolute atomic E-state index is 0.212. The SMILES string of the molecule is C[C@H](NC(=O)COc1ccccc1C(N)=O)c1cccc(Cl)c1. The van der Waals surface area contributed by atoms with E-state index in [-0.39, 0.29) is 29.9 Å². The van der Waals surface area contributed by atoms with Crippen molar-refractivity contribution in [3.63, 3.8) is 0 Å². The zero-order valence-corrected chi connectivity index (χ0v) is 13.3. The summed E-state index contributed by atoms with van der Waals surface area (Å²) in [4.78, 5) is 23.3. The number of primary amides is 1. The lowest BCUT2D eigenvalue weighted by molar-refractivity contribution is -0.123.